The predicted octanol–water partition coefficient (Wildman–Crippen LogP) is 9.79. The average molecular weight is 437 g/mol. The first-order chi connectivity index (χ1) is 15.8. The zero-order chi connectivity index (χ0) is 21.7. The molecule has 2 heteroatoms. The summed E-state index contributed by atoms with van der Waals surface area (Å²) in [5.74, 6) is 0. The Bertz CT molecular complexity index is 1480. The van der Waals surface area contributed by atoms with Crippen molar-refractivity contribution in [3.05, 3.63) is 71.8 Å². The maximum Gasteiger partial charge on any atom is 0.143 e. The third kappa shape index (κ3) is 3.12. The van der Waals surface area contributed by atoms with Gasteiger partial charge in [-0.25, -0.2) is 0 Å². The molecular weight excluding hydrogens is 408 g/mol. The highest BCUT2D eigenvalue weighted by Crippen LogP contribution is 2.42. The molecule has 0 aliphatic heterocycles. The van der Waals surface area contributed by atoms with Crippen molar-refractivity contribution in [1.82, 2.24) is 0 Å². The summed E-state index contributed by atoms with van der Waals surface area (Å²) in [5.41, 5.74) is 4.87. The molecule has 0 saturated carbocycles. The van der Waals surface area contributed by atoms with E-state index in [2.05, 4.69) is 74.5 Å². The van der Waals surface area contributed by atoms with Crippen LogP contribution in [-0.4, -0.2) is 0 Å². The van der Waals surface area contributed by atoms with E-state index in [1.54, 1.807) is 0 Å². The summed E-state index contributed by atoms with van der Waals surface area (Å²) in [4.78, 5) is 0. The Balaban J connectivity index is 1.56. The molecule has 0 atom stereocenters. The van der Waals surface area contributed by atoms with E-state index in [0.29, 0.717) is 0 Å². The molecule has 0 radical (unpaired) electrons. The van der Waals surface area contributed by atoms with E-state index in [1.807, 2.05) is 11.3 Å². The second-order valence-electron chi connectivity index (χ2n) is 9.05. The van der Waals surface area contributed by atoms with Gasteiger partial charge in [0.05, 0.1) is 0 Å². The Labute approximate surface area is 192 Å². The highest BCUT2D eigenvalue weighted by Gasteiger charge is 2.15. The van der Waals surface area contributed by atoms with E-state index in [9.17, 15) is 0 Å². The summed E-state index contributed by atoms with van der Waals surface area (Å²) in [6, 6.07) is 22.9. The number of thiophene rings is 1. The third-order valence-corrected chi connectivity index (χ3v) is 8.05. The maximum atomic E-state index is 6.42. The van der Waals surface area contributed by atoms with Crippen molar-refractivity contribution in [2.45, 2.75) is 52.4 Å². The lowest BCUT2D eigenvalue weighted by Gasteiger charge is -2.02. The number of benzene rings is 4. The van der Waals surface area contributed by atoms with E-state index in [-0.39, 0.29) is 0 Å². The van der Waals surface area contributed by atoms with Gasteiger partial charge in [0, 0.05) is 41.7 Å². The first-order valence-electron chi connectivity index (χ1n) is 12.0. The van der Waals surface area contributed by atoms with Crippen molar-refractivity contribution < 1.29 is 4.42 Å². The van der Waals surface area contributed by atoms with Crippen molar-refractivity contribution >= 4 is 64.2 Å². The van der Waals surface area contributed by atoms with Gasteiger partial charge in [0.2, 0.25) is 0 Å². The summed E-state index contributed by atoms with van der Waals surface area (Å²) in [7, 11) is 0. The highest BCUT2D eigenvalue weighted by atomic mass is 32.1. The number of hydrogen-bond donors (Lipinski definition) is 0. The van der Waals surface area contributed by atoms with Crippen LogP contribution >= 0.6 is 11.3 Å². The van der Waals surface area contributed by atoms with E-state index >= 15 is 0 Å². The minimum absolute atomic E-state index is 0.991. The van der Waals surface area contributed by atoms with Crippen LogP contribution in [0.5, 0.6) is 0 Å². The van der Waals surface area contributed by atoms with Crippen LogP contribution in [0.15, 0.2) is 65.1 Å². The largest absolute Gasteiger partial charge is 0.455 e. The summed E-state index contributed by atoms with van der Waals surface area (Å²) < 4.78 is 9.16. The van der Waals surface area contributed by atoms with Gasteiger partial charge in [0.25, 0.3) is 0 Å². The summed E-state index contributed by atoms with van der Waals surface area (Å²) in [6.07, 6.45) is 7.24. The molecule has 0 bridgehead atoms. The minimum atomic E-state index is 0.991. The van der Waals surface area contributed by atoms with Crippen LogP contribution in [0.3, 0.4) is 0 Å². The second kappa shape index (κ2) is 7.94. The van der Waals surface area contributed by atoms with E-state index < -0.39 is 0 Å². The second-order valence-corrected chi connectivity index (χ2v) is 10.1. The van der Waals surface area contributed by atoms with Crippen LogP contribution in [0.4, 0.5) is 0 Å². The van der Waals surface area contributed by atoms with Crippen LogP contribution < -0.4 is 0 Å². The van der Waals surface area contributed by atoms with E-state index in [1.165, 1.54) is 78.5 Å². The van der Waals surface area contributed by atoms with Crippen molar-refractivity contribution in [3.8, 4) is 0 Å². The fourth-order valence-electron chi connectivity index (χ4n) is 5.04. The normalized spacial score (nSPS) is 12.2. The van der Waals surface area contributed by atoms with Crippen molar-refractivity contribution in [2.75, 3.05) is 0 Å². The number of hydrogen-bond acceptors (Lipinski definition) is 2. The lowest BCUT2D eigenvalue weighted by atomic mass is 10.0. The van der Waals surface area contributed by atoms with Crippen LogP contribution in [0.25, 0.3) is 52.9 Å². The molecule has 6 rings (SSSR count). The molecule has 1 nitrogen and oxygen atoms in total. The van der Waals surface area contributed by atoms with Gasteiger partial charge in [-0.05, 0) is 73.2 Å². The van der Waals surface area contributed by atoms with E-state index in [4.69, 9.17) is 4.42 Å². The van der Waals surface area contributed by atoms with Gasteiger partial charge in [-0.1, -0.05) is 51.0 Å². The van der Waals surface area contributed by atoms with Crippen LogP contribution in [-0.2, 0) is 12.8 Å². The first-order valence-corrected chi connectivity index (χ1v) is 12.8. The molecule has 0 amide bonds. The van der Waals surface area contributed by atoms with Crippen molar-refractivity contribution in [3.63, 3.8) is 0 Å². The number of fused-ring (bicyclic) bond motifs is 9. The number of furan rings is 1. The zero-order valence-electron chi connectivity index (χ0n) is 18.8. The molecule has 32 heavy (non-hydrogen) atoms. The summed E-state index contributed by atoms with van der Waals surface area (Å²) in [5, 5.41) is 7.76. The van der Waals surface area contributed by atoms with Crippen LogP contribution in [0.1, 0.15) is 50.7 Å². The standard InChI is InChI=1S/C30H28OS/c1-3-5-7-19-9-15-27-25(17-19)22-12-13-23-21(29(22)31-27)11-14-24-26-18-20(8-6-4-2)10-16-28(26)32-30(23)24/h9-18H,3-8H2,1-2H3. The van der Waals surface area contributed by atoms with Gasteiger partial charge in [-0.3, -0.25) is 0 Å². The van der Waals surface area contributed by atoms with E-state index in [0.717, 1.165) is 24.0 Å². The van der Waals surface area contributed by atoms with Gasteiger partial charge in [0.15, 0.2) is 0 Å². The van der Waals surface area contributed by atoms with Gasteiger partial charge in [0.1, 0.15) is 11.2 Å². The first kappa shape index (κ1) is 19.8. The lowest BCUT2D eigenvalue weighted by Crippen LogP contribution is -1.83. The molecule has 160 valence electrons. The van der Waals surface area contributed by atoms with Gasteiger partial charge < -0.3 is 4.42 Å². The SMILES string of the molecule is CCCCc1ccc2oc3c(ccc4c3ccc3c5cc(CCCC)ccc5sc34)c2c1. The Morgan fingerprint density at radius 2 is 1.22 bits per heavy atom. The molecule has 0 aliphatic rings. The molecule has 0 aliphatic carbocycles. The van der Waals surface area contributed by atoms with Crippen LogP contribution in [0.2, 0.25) is 0 Å². The number of aryl methyl sites for hydroxylation is 2. The minimum Gasteiger partial charge on any atom is -0.455 e. The number of unbranched alkanes of at least 4 members (excludes halogenated alkanes) is 2. The fourth-order valence-corrected chi connectivity index (χ4v) is 6.25. The quantitative estimate of drug-likeness (QED) is 0.253. The molecule has 4 aromatic carbocycles. The Morgan fingerprint density at radius 3 is 1.94 bits per heavy atom. The maximum absolute atomic E-state index is 6.42. The van der Waals surface area contributed by atoms with Gasteiger partial charge >= 0.3 is 0 Å². The molecule has 0 spiro atoms. The lowest BCUT2D eigenvalue weighted by molar-refractivity contribution is 0.672. The Kier molecular flexibility index (Phi) is 4.91. The Hall–Kier alpha value is -2.84. The molecule has 0 N–H and O–H groups in total. The van der Waals surface area contributed by atoms with Gasteiger partial charge in [-0.15, -0.1) is 11.3 Å². The zero-order valence-corrected chi connectivity index (χ0v) is 19.6. The smallest absolute Gasteiger partial charge is 0.143 e. The monoisotopic (exact) mass is 436 g/mol. The average Bonchev–Trinajstić information content (AvgIpc) is 3.39. The molecule has 6 aromatic rings. The van der Waals surface area contributed by atoms with Crippen LogP contribution in [0, 0.1) is 0 Å². The summed E-state index contributed by atoms with van der Waals surface area (Å²) >= 11 is 1.91. The van der Waals surface area contributed by atoms with Gasteiger partial charge in [-0.2, -0.15) is 0 Å². The topological polar surface area (TPSA) is 13.1 Å². The summed E-state index contributed by atoms with van der Waals surface area (Å²) in [6.45, 7) is 4.51. The molecule has 2 heterocycles. The third-order valence-electron chi connectivity index (χ3n) is 6.83. The fraction of sp³-hybridized carbons (Fsp3) is 0.267. The molecular formula is C30H28OS. The van der Waals surface area contributed by atoms with Crippen molar-refractivity contribution in [2.24, 2.45) is 0 Å². The predicted molar refractivity (Wildman–Crippen MR) is 141 cm³/mol. The van der Waals surface area contributed by atoms with Crippen molar-refractivity contribution in [1.29, 1.82) is 0 Å². The molecule has 0 fully saturated rings. The highest BCUT2D eigenvalue weighted by molar-refractivity contribution is 7.26. The number of rotatable bonds is 6. The Morgan fingerprint density at radius 1 is 0.625 bits per heavy atom. The molecule has 0 saturated heterocycles. The molecule has 2 aromatic heterocycles. The molecule has 0 unspecified atom stereocenters.